The van der Waals surface area contributed by atoms with Crippen molar-refractivity contribution in [1.29, 1.82) is 0 Å². The van der Waals surface area contributed by atoms with E-state index in [1.54, 1.807) is 0 Å². The number of hydrogen-bond acceptors (Lipinski definition) is 4. The van der Waals surface area contributed by atoms with Crippen molar-refractivity contribution in [3.8, 4) is 0 Å². The van der Waals surface area contributed by atoms with Gasteiger partial charge in [0.05, 0.1) is 12.2 Å². The minimum Gasteiger partial charge on any atom is -0.463 e. The molecule has 2 rings (SSSR count). The number of aliphatic imine (C=N–C) groups is 1. The molecule has 1 heterocycles. The molecule has 1 aromatic rings. The first-order chi connectivity index (χ1) is 8.47. The van der Waals surface area contributed by atoms with Crippen molar-refractivity contribution in [2.45, 2.75) is 12.2 Å². The predicted molar refractivity (Wildman–Crippen MR) is 57.6 cm³/mol. The van der Waals surface area contributed by atoms with Crippen LogP contribution >= 0.6 is 0 Å². The Balaban J connectivity index is 1.96. The zero-order valence-electron chi connectivity index (χ0n) is 9.28. The molecule has 98 valence electrons. The first kappa shape index (κ1) is 12.7. The molecule has 18 heavy (non-hydrogen) atoms. The molecule has 0 fully saturated rings. The van der Waals surface area contributed by atoms with Gasteiger partial charge < -0.3 is 15.2 Å². The molecule has 7 heteroatoms. The van der Waals surface area contributed by atoms with Crippen LogP contribution in [-0.2, 0) is 15.6 Å². The van der Waals surface area contributed by atoms with Crippen LogP contribution in [0.15, 0.2) is 29.3 Å². The fourth-order valence-corrected chi connectivity index (χ4v) is 1.45. The number of halogens is 3. The van der Waals surface area contributed by atoms with Gasteiger partial charge in [0.25, 0.3) is 6.02 Å². The molecule has 4 nitrogen and oxygen atoms in total. The summed E-state index contributed by atoms with van der Waals surface area (Å²) in [7, 11) is 0. The maximum Gasteiger partial charge on any atom is 0.383 e. The normalized spacial score (nSPS) is 19.5. The van der Waals surface area contributed by atoms with Crippen LogP contribution in [-0.4, -0.2) is 25.3 Å². The van der Waals surface area contributed by atoms with E-state index in [-0.39, 0.29) is 19.2 Å². The van der Waals surface area contributed by atoms with Crippen molar-refractivity contribution in [3.05, 3.63) is 35.6 Å². The molecule has 2 N–H and O–H groups in total. The van der Waals surface area contributed by atoms with Crippen LogP contribution in [0.4, 0.5) is 13.2 Å². The van der Waals surface area contributed by atoms with Gasteiger partial charge in [-0.25, -0.2) is 9.38 Å². The number of amidine groups is 1. The Bertz CT molecular complexity index is 448. The Morgan fingerprint density at radius 2 is 2.06 bits per heavy atom. The zero-order chi connectivity index (χ0) is 13.2. The number of rotatable bonds is 4. The van der Waals surface area contributed by atoms with E-state index < -0.39 is 23.5 Å². The van der Waals surface area contributed by atoms with Crippen molar-refractivity contribution in [2.75, 3.05) is 13.2 Å². The molecule has 0 bridgehead atoms. The maximum absolute atomic E-state index is 13.6. The summed E-state index contributed by atoms with van der Waals surface area (Å²) in [6, 6.07) is 3.25. The first-order valence-corrected chi connectivity index (χ1v) is 5.21. The zero-order valence-corrected chi connectivity index (χ0v) is 9.28. The van der Waals surface area contributed by atoms with E-state index in [1.807, 2.05) is 0 Å². The average Bonchev–Trinajstić information content (AvgIpc) is 2.73. The van der Waals surface area contributed by atoms with Gasteiger partial charge in [-0.05, 0) is 24.3 Å². The second kappa shape index (κ2) is 4.85. The molecule has 0 aliphatic carbocycles. The third-order valence-electron chi connectivity index (χ3n) is 2.37. The monoisotopic (exact) mass is 260 g/mol. The minimum absolute atomic E-state index is 0.0336. The van der Waals surface area contributed by atoms with Crippen LogP contribution in [0.25, 0.3) is 0 Å². The fourth-order valence-electron chi connectivity index (χ4n) is 1.45. The lowest BCUT2D eigenvalue weighted by Gasteiger charge is -2.18. The second-order valence-corrected chi connectivity index (χ2v) is 3.77. The Morgan fingerprint density at radius 1 is 1.39 bits per heavy atom. The lowest BCUT2D eigenvalue weighted by atomic mass is 10.2. The van der Waals surface area contributed by atoms with E-state index in [1.165, 1.54) is 0 Å². The van der Waals surface area contributed by atoms with Gasteiger partial charge in [-0.1, -0.05) is 0 Å². The van der Waals surface area contributed by atoms with Gasteiger partial charge in [0.15, 0.2) is 0 Å². The van der Waals surface area contributed by atoms with Crippen LogP contribution in [0.3, 0.4) is 0 Å². The minimum atomic E-state index is -3.50. The summed E-state index contributed by atoms with van der Waals surface area (Å²) < 4.78 is 49.1. The molecule has 0 saturated heterocycles. The Labute approximate surface area is 101 Å². The third kappa shape index (κ3) is 2.92. The number of nitrogens with two attached hydrogens (primary N) is 1. The smallest absolute Gasteiger partial charge is 0.383 e. The summed E-state index contributed by atoms with van der Waals surface area (Å²) in [5, 5.41) is 0. The largest absolute Gasteiger partial charge is 0.463 e. The van der Waals surface area contributed by atoms with Crippen LogP contribution in [0.5, 0.6) is 0 Å². The van der Waals surface area contributed by atoms with E-state index in [4.69, 9.17) is 10.5 Å². The Kier molecular flexibility index (Phi) is 3.42. The molecule has 0 saturated carbocycles. The van der Waals surface area contributed by atoms with Gasteiger partial charge >= 0.3 is 6.11 Å². The van der Waals surface area contributed by atoms with Gasteiger partial charge in [0.1, 0.15) is 18.5 Å². The highest BCUT2D eigenvalue weighted by Gasteiger charge is 2.34. The third-order valence-corrected chi connectivity index (χ3v) is 2.37. The SMILES string of the molecule is NC1=N[C@@H](COC(F)(F)c2ccc(F)cc2)CO1. The van der Waals surface area contributed by atoms with Crippen LogP contribution in [0, 0.1) is 5.82 Å². The van der Waals surface area contributed by atoms with Crippen LogP contribution < -0.4 is 5.73 Å². The van der Waals surface area contributed by atoms with Crippen molar-refractivity contribution in [2.24, 2.45) is 10.7 Å². The van der Waals surface area contributed by atoms with E-state index in [9.17, 15) is 13.2 Å². The topological polar surface area (TPSA) is 56.8 Å². The quantitative estimate of drug-likeness (QED) is 0.894. The van der Waals surface area contributed by atoms with E-state index >= 15 is 0 Å². The van der Waals surface area contributed by atoms with E-state index in [0.29, 0.717) is 0 Å². The predicted octanol–water partition coefficient (Wildman–Crippen LogP) is 1.61. The lowest BCUT2D eigenvalue weighted by Crippen LogP contribution is -2.25. The number of hydrogen-bond donors (Lipinski definition) is 1. The highest BCUT2D eigenvalue weighted by Crippen LogP contribution is 2.29. The van der Waals surface area contributed by atoms with E-state index in [0.717, 1.165) is 24.3 Å². The maximum atomic E-state index is 13.6. The van der Waals surface area contributed by atoms with Crippen molar-refractivity contribution < 1.29 is 22.6 Å². The standard InChI is InChI=1S/C11H11F3N2O2/c12-8-3-1-7(2-4-8)11(13,14)18-6-9-5-17-10(15)16-9/h1-4,9H,5-6H2,(H2,15,16)/t9-/m1/s1. The number of alkyl halides is 2. The van der Waals surface area contributed by atoms with Crippen molar-refractivity contribution in [3.63, 3.8) is 0 Å². The van der Waals surface area contributed by atoms with Crippen LogP contribution in [0.1, 0.15) is 5.56 Å². The molecule has 0 radical (unpaired) electrons. The fraction of sp³-hybridized carbons (Fsp3) is 0.364. The summed E-state index contributed by atoms with van der Waals surface area (Å²) in [4.78, 5) is 3.75. The highest BCUT2D eigenvalue weighted by molar-refractivity contribution is 5.73. The molecule has 0 amide bonds. The van der Waals surface area contributed by atoms with Gasteiger partial charge in [0.2, 0.25) is 0 Å². The summed E-state index contributed by atoms with van der Waals surface area (Å²) in [5.41, 5.74) is 4.82. The lowest BCUT2D eigenvalue weighted by molar-refractivity contribution is -0.250. The Hall–Kier alpha value is -1.76. The van der Waals surface area contributed by atoms with Gasteiger partial charge in [-0.2, -0.15) is 8.78 Å². The molecule has 1 aromatic carbocycles. The van der Waals surface area contributed by atoms with Gasteiger partial charge in [-0.3, -0.25) is 0 Å². The van der Waals surface area contributed by atoms with Crippen LogP contribution in [0.2, 0.25) is 0 Å². The highest BCUT2D eigenvalue weighted by atomic mass is 19.3. The molecule has 0 unspecified atom stereocenters. The number of benzene rings is 1. The summed E-state index contributed by atoms with van der Waals surface area (Å²) in [5.74, 6) is -0.587. The summed E-state index contributed by atoms with van der Waals surface area (Å²) >= 11 is 0. The molecule has 0 aromatic heterocycles. The first-order valence-electron chi connectivity index (χ1n) is 5.21. The molecule has 1 aliphatic rings. The number of nitrogens with zero attached hydrogens (tertiary/aromatic N) is 1. The van der Waals surface area contributed by atoms with Crippen molar-refractivity contribution >= 4 is 6.02 Å². The van der Waals surface area contributed by atoms with Gasteiger partial charge in [0, 0.05) is 0 Å². The molecular formula is C11H11F3N2O2. The molecule has 1 aliphatic heterocycles. The van der Waals surface area contributed by atoms with Gasteiger partial charge in [-0.15, -0.1) is 0 Å². The van der Waals surface area contributed by atoms with E-state index in [2.05, 4.69) is 9.73 Å². The summed E-state index contributed by atoms with van der Waals surface area (Å²) in [6.45, 7) is -0.212. The second-order valence-electron chi connectivity index (χ2n) is 3.77. The molecule has 0 spiro atoms. The van der Waals surface area contributed by atoms with Crippen molar-refractivity contribution in [1.82, 2.24) is 0 Å². The average molecular weight is 260 g/mol. The molecular weight excluding hydrogens is 249 g/mol. The molecule has 1 atom stereocenters. The Morgan fingerprint density at radius 3 is 2.61 bits per heavy atom. The number of ether oxygens (including phenoxy) is 2. The summed E-state index contributed by atoms with van der Waals surface area (Å²) in [6.07, 6.45) is -3.50.